The molecule has 36 heavy (non-hydrogen) atoms. The summed E-state index contributed by atoms with van der Waals surface area (Å²) in [6.45, 7) is 1.40. The molecule has 0 unspecified atom stereocenters. The number of nitrogens with one attached hydrogen (secondary N) is 1. The van der Waals surface area contributed by atoms with Crippen molar-refractivity contribution in [1.82, 2.24) is 9.97 Å². The number of benzene rings is 2. The van der Waals surface area contributed by atoms with E-state index in [0.29, 0.717) is 33.6 Å². The molecule has 186 valence electrons. The van der Waals surface area contributed by atoms with E-state index in [9.17, 15) is 27.6 Å². The van der Waals surface area contributed by atoms with E-state index in [1.165, 1.54) is 25.6 Å². The number of carbonyl (C=O) groups excluding carboxylic acids is 1. The van der Waals surface area contributed by atoms with E-state index in [0.717, 1.165) is 12.3 Å². The first-order valence-corrected chi connectivity index (χ1v) is 10.4. The van der Waals surface area contributed by atoms with Gasteiger partial charge in [-0.1, -0.05) is 12.1 Å². The number of carbonyl (C=O) groups is 1. The zero-order chi connectivity index (χ0) is 26.0. The van der Waals surface area contributed by atoms with Crippen molar-refractivity contribution >= 4 is 23.2 Å². The quantitative estimate of drug-likeness (QED) is 0.168. The summed E-state index contributed by atoms with van der Waals surface area (Å²) in [6, 6.07) is 9.51. The summed E-state index contributed by atoms with van der Waals surface area (Å²) in [7, 11) is 1.46. The van der Waals surface area contributed by atoms with Crippen LogP contribution in [0.5, 0.6) is 11.5 Å². The lowest BCUT2D eigenvalue weighted by Crippen LogP contribution is -2.38. The third kappa shape index (κ3) is 4.83. The number of hydrogen-bond donors (Lipinski definition) is 1. The standard InChI is InChI=1S/C24H18F4N4O4/c1-13(16-9-20(36-12-33)22(24(26,27)28)32(34)10-16)31-23-18-7-15(14-3-5-17(25)6-4-14)8-19(35-2)21(18)29-11-30-23/h3-13H,1-2H3,(H,29,30,31)/t13-/m1/s1. The van der Waals surface area contributed by atoms with Crippen molar-refractivity contribution in [3.8, 4) is 22.6 Å². The Balaban J connectivity index is 1.77. The fourth-order valence-electron chi connectivity index (χ4n) is 3.71. The number of aromatic nitrogens is 3. The predicted octanol–water partition coefficient (Wildman–Crippen LogP) is 4.81. The molecular weight excluding hydrogens is 484 g/mol. The molecule has 0 aliphatic carbocycles. The molecule has 0 fully saturated rings. The average Bonchev–Trinajstić information content (AvgIpc) is 2.83. The molecule has 0 saturated heterocycles. The molecule has 1 atom stereocenters. The van der Waals surface area contributed by atoms with Crippen LogP contribution in [0.2, 0.25) is 0 Å². The summed E-state index contributed by atoms with van der Waals surface area (Å²) >= 11 is 0. The van der Waals surface area contributed by atoms with Crippen LogP contribution in [0.1, 0.15) is 24.2 Å². The van der Waals surface area contributed by atoms with Gasteiger partial charge in [-0.15, -0.1) is 0 Å². The van der Waals surface area contributed by atoms with Crippen molar-refractivity contribution in [2.75, 3.05) is 12.4 Å². The van der Waals surface area contributed by atoms with Crippen molar-refractivity contribution < 1.29 is 36.6 Å². The summed E-state index contributed by atoms with van der Waals surface area (Å²) in [6.07, 6.45) is -3.02. The molecule has 4 rings (SSSR count). The molecule has 2 aromatic heterocycles. The Morgan fingerprint density at radius 1 is 1.08 bits per heavy atom. The first-order chi connectivity index (χ1) is 17.1. The molecule has 0 spiro atoms. The second-order valence-corrected chi connectivity index (χ2v) is 7.69. The number of anilines is 1. The molecule has 0 saturated carbocycles. The highest BCUT2D eigenvalue weighted by Gasteiger charge is 2.44. The number of halogens is 4. The number of pyridine rings is 1. The van der Waals surface area contributed by atoms with Crippen LogP contribution >= 0.6 is 0 Å². The van der Waals surface area contributed by atoms with Gasteiger partial charge in [-0.2, -0.15) is 17.9 Å². The number of ether oxygens (including phenoxy) is 2. The zero-order valence-corrected chi connectivity index (χ0v) is 18.8. The van der Waals surface area contributed by atoms with Crippen molar-refractivity contribution in [3.63, 3.8) is 0 Å². The lowest BCUT2D eigenvalue weighted by molar-refractivity contribution is -0.630. The second-order valence-electron chi connectivity index (χ2n) is 7.69. The number of alkyl halides is 3. The van der Waals surface area contributed by atoms with Crippen LogP contribution in [0, 0.1) is 11.0 Å². The summed E-state index contributed by atoms with van der Waals surface area (Å²) in [4.78, 5) is 19.2. The van der Waals surface area contributed by atoms with Gasteiger partial charge in [0.25, 0.3) is 6.47 Å². The molecule has 2 heterocycles. The van der Waals surface area contributed by atoms with Gasteiger partial charge in [0.05, 0.1) is 13.2 Å². The Hall–Kier alpha value is -4.48. The number of nitrogens with zero attached hydrogens (tertiary/aromatic N) is 3. The van der Waals surface area contributed by atoms with Gasteiger partial charge in [0.1, 0.15) is 29.2 Å². The van der Waals surface area contributed by atoms with Gasteiger partial charge in [0.15, 0.2) is 6.20 Å². The topological polar surface area (TPSA) is 100 Å². The molecule has 0 bridgehead atoms. The van der Waals surface area contributed by atoms with Gasteiger partial charge < -0.3 is 20.0 Å². The molecule has 0 amide bonds. The van der Waals surface area contributed by atoms with Crippen LogP contribution in [0.4, 0.5) is 23.4 Å². The minimum Gasteiger partial charge on any atom is -0.618 e. The largest absolute Gasteiger partial charge is 0.618 e. The Morgan fingerprint density at radius 2 is 1.81 bits per heavy atom. The highest BCUT2D eigenvalue weighted by Crippen LogP contribution is 2.37. The Bertz CT molecular complexity index is 1430. The van der Waals surface area contributed by atoms with E-state index < -0.39 is 29.5 Å². The van der Waals surface area contributed by atoms with Crippen molar-refractivity contribution in [2.45, 2.75) is 19.1 Å². The molecule has 0 radical (unpaired) electrons. The SMILES string of the molecule is COc1cc(-c2ccc(F)cc2)cc2c(N[C@H](C)c3cc(OC=O)c(C(F)(F)F)[n+]([O-])c3)ncnc12. The van der Waals surface area contributed by atoms with Crippen molar-refractivity contribution in [2.24, 2.45) is 0 Å². The van der Waals surface area contributed by atoms with Crippen LogP contribution < -0.4 is 19.5 Å². The van der Waals surface area contributed by atoms with E-state index in [1.54, 1.807) is 31.2 Å². The van der Waals surface area contributed by atoms with Crippen LogP contribution in [0.25, 0.3) is 22.0 Å². The van der Waals surface area contributed by atoms with E-state index >= 15 is 0 Å². The predicted molar refractivity (Wildman–Crippen MR) is 121 cm³/mol. The fraction of sp³-hybridized carbons (Fsp3) is 0.167. The fourth-order valence-corrected chi connectivity index (χ4v) is 3.71. The minimum atomic E-state index is -5.04. The van der Waals surface area contributed by atoms with Gasteiger partial charge >= 0.3 is 11.9 Å². The third-order valence-corrected chi connectivity index (χ3v) is 5.42. The lowest BCUT2D eigenvalue weighted by atomic mass is 10.0. The van der Waals surface area contributed by atoms with Gasteiger partial charge in [-0.3, -0.25) is 4.79 Å². The zero-order valence-electron chi connectivity index (χ0n) is 18.8. The Labute approximate surface area is 201 Å². The van der Waals surface area contributed by atoms with Crippen LogP contribution in [-0.2, 0) is 11.0 Å². The number of hydrogen-bond acceptors (Lipinski definition) is 7. The molecule has 8 nitrogen and oxygen atoms in total. The summed E-state index contributed by atoms with van der Waals surface area (Å²) in [5, 5.41) is 15.7. The number of fused-ring (bicyclic) bond motifs is 1. The summed E-state index contributed by atoms with van der Waals surface area (Å²) in [5.41, 5.74) is 0.281. The average molecular weight is 502 g/mol. The van der Waals surface area contributed by atoms with Crippen molar-refractivity contribution in [3.05, 3.63) is 77.3 Å². The third-order valence-electron chi connectivity index (χ3n) is 5.42. The minimum absolute atomic E-state index is 0.100. The second kappa shape index (κ2) is 9.64. The van der Waals surface area contributed by atoms with Gasteiger partial charge in [-0.05, 0) is 48.4 Å². The summed E-state index contributed by atoms with van der Waals surface area (Å²) < 4.78 is 62.7. The van der Waals surface area contributed by atoms with Gasteiger partial charge in [-0.25, -0.2) is 14.4 Å². The number of methoxy groups -OCH3 is 1. The normalized spacial score (nSPS) is 12.3. The van der Waals surface area contributed by atoms with Gasteiger partial charge in [0.2, 0.25) is 5.75 Å². The number of rotatable bonds is 7. The van der Waals surface area contributed by atoms with E-state index in [1.807, 2.05) is 0 Å². The van der Waals surface area contributed by atoms with Gasteiger partial charge in [0, 0.05) is 10.9 Å². The smallest absolute Gasteiger partial charge is 0.482 e. The molecular formula is C24H18F4N4O4. The first-order valence-electron chi connectivity index (χ1n) is 10.4. The monoisotopic (exact) mass is 502 g/mol. The van der Waals surface area contributed by atoms with E-state index in [-0.39, 0.29) is 16.8 Å². The van der Waals surface area contributed by atoms with E-state index in [2.05, 4.69) is 20.0 Å². The van der Waals surface area contributed by atoms with Crippen LogP contribution in [0.15, 0.2) is 55.0 Å². The van der Waals surface area contributed by atoms with Crippen molar-refractivity contribution in [1.29, 1.82) is 0 Å². The maximum atomic E-state index is 13.4. The van der Waals surface area contributed by atoms with Crippen LogP contribution in [-0.4, -0.2) is 23.5 Å². The summed E-state index contributed by atoms with van der Waals surface area (Å²) in [5.74, 6) is -0.606. The van der Waals surface area contributed by atoms with E-state index in [4.69, 9.17) is 4.74 Å². The molecule has 2 aromatic carbocycles. The molecule has 4 aromatic rings. The highest BCUT2D eigenvalue weighted by molar-refractivity contribution is 5.96. The molecule has 12 heteroatoms. The lowest BCUT2D eigenvalue weighted by Gasteiger charge is -2.19. The Morgan fingerprint density at radius 3 is 2.44 bits per heavy atom. The van der Waals surface area contributed by atoms with Crippen LogP contribution in [0.3, 0.4) is 0 Å². The first kappa shape index (κ1) is 24.6. The maximum absolute atomic E-state index is 13.4. The molecule has 1 N–H and O–H groups in total. The maximum Gasteiger partial charge on any atom is 0.482 e. The highest BCUT2D eigenvalue weighted by atomic mass is 19.4. The molecule has 0 aliphatic rings. The Kier molecular flexibility index (Phi) is 6.60. The molecule has 0 aliphatic heterocycles.